The maximum atomic E-state index is 14.6. The van der Waals surface area contributed by atoms with Gasteiger partial charge in [0.25, 0.3) is 10.0 Å². The van der Waals surface area contributed by atoms with E-state index in [2.05, 4.69) is 5.32 Å². The Labute approximate surface area is 266 Å². The Kier molecular flexibility index (Phi) is 11.0. The van der Waals surface area contributed by atoms with Gasteiger partial charge in [-0.2, -0.15) is 0 Å². The van der Waals surface area contributed by atoms with Gasteiger partial charge in [0.05, 0.1) is 17.7 Å². The standard InChI is InChI=1S/C36H41N3O5S/c1-26(2)37-36(41)34(23-29-13-8-6-9-14-29)38(24-30-15-12-16-31(22-30)44-5)35(40)25-39(33-21-27(3)19-20-28(33)4)45(42,43)32-17-10-7-11-18-32/h6-22,26,34H,23-25H2,1-5H3,(H,37,41). The van der Waals surface area contributed by atoms with Crippen LogP contribution in [0.15, 0.2) is 108 Å². The van der Waals surface area contributed by atoms with Gasteiger partial charge in [-0.05, 0) is 80.3 Å². The van der Waals surface area contributed by atoms with Crippen molar-refractivity contribution in [3.05, 3.63) is 125 Å². The van der Waals surface area contributed by atoms with Gasteiger partial charge in [0, 0.05) is 19.0 Å². The summed E-state index contributed by atoms with van der Waals surface area (Å²) in [6.07, 6.45) is 0.240. The second-order valence-corrected chi connectivity index (χ2v) is 13.2. The van der Waals surface area contributed by atoms with E-state index in [4.69, 9.17) is 4.74 Å². The highest BCUT2D eigenvalue weighted by molar-refractivity contribution is 7.92. The SMILES string of the molecule is COc1cccc(CN(C(=O)CN(c2cc(C)ccc2C)S(=O)(=O)c2ccccc2)C(Cc2ccccc2)C(=O)NC(C)C)c1. The number of hydrogen-bond acceptors (Lipinski definition) is 5. The predicted molar refractivity (Wildman–Crippen MR) is 178 cm³/mol. The predicted octanol–water partition coefficient (Wildman–Crippen LogP) is 5.67. The molecule has 45 heavy (non-hydrogen) atoms. The van der Waals surface area contributed by atoms with Crippen LogP contribution in [0.3, 0.4) is 0 Å². The van der Waals surface area contributed by atoms with Crippen molar-refractivity contribution in [1.29, 1.82) is 0 Å². The van der Waals surface area contributed by atoms with Crippen molar-refractivity contribution < 1.29 is 22.7 Å². The highest BCUT2D eigenvalue weighted by atomic mass is 32.2. The van der Waals surface area contributed by atoms with Crippen LogP contribution in [0.4, 0.5) is 5.69 Å². The quantitative estimate of drug-likeness (QED) is 0.206. The van der Waals surface area contributed by atoms with E-state index in [0.29, 0.717) is 17.0 Å². The molecule has 8 nitrogen and oxygen atoms in total. The number of rotatable bonds is 13. The molecule has 0 aliphatic rings. The molecule has 0 aliphatic carbocycles. The van der Waals surface area contributed by atoms with Gasteiger partial charge in [0.15, 0.2) is 0 Å². The van der Waals surface area contributed by atoms with Crippen LogP contribution in [0.2, 0.25) is 0 Å². The fraction of sp³-hybridized carbons (Fsp3) is 0.278. The Morgan fingerprint density at radius 3 is 2.11 bits per heavy atom. The molecule has 0 radical (unpaired) electrons. The first-order valence-electron chi connectivity index (χ1n) is 14.9. The smallest absolute Gasteiger partial charge is 0.264 e. The Bertz CT molecular complexity index is 1710. The molecule has 4 aromatic rings. The number of nitrogens with one attached hydrogen (secondary N) is 1. The number of hydrogen-bond donors (Lipinski definition) is 1. The minimum Gasteiger partial charge on any atom is -0.497 e. The molecule has 4 rings (SSSR count). The van der Waals surface area contributed by atoms with Crippen LogP contribution in [-0.4, -0.2) is 50.9 Å². The molecule has 1 N–H and O–H groups in total. The molecule has 9 heteroatoms. The van der Waals surface area contributed by atoms with Crippen molar-refractivity contribution in [3.63, 3.8) is 0 Å². The highest BCUT2D eigenvalue weighted by Crippen LogP contribution is 2.29. The molecule has 0 aliphatic heterocycles. The van der Waals surface area contributed by atoms with E-state index in [-0.39, 0.29) is 29.8 Å². The molecular weight excluding hydrogens is 586 g/mol. The summed E-state index contributed by atoms with van der Waals surface area (Å²) in [4.78, 5) is 30.0. The fourth-order valence-electron chi connectivity index (χ4n) is 5.12. The van der Waals surface area contributed by atoms with E-state index in [1.807, 2.05) is 88.4 Å². The molecule has 4 aromatic carbocycles. The summed E-state index contributed by atoms with van der Waals surface area (Å²) >= 11 is 0. The number of benzene rings is 4. The fourth-order valence-corrected chi connectivity index (χ4v) is 6.61. The number of methoxy groups -OCH3 is 1. The van der Waals surface area contributed by atoms with E-state index >= 15 is 0 Å². The van der Waals surface area contributed by atoms with Crippen LogP contribution >= 0.6 is 0 Å². The van der Waals surface area contributed by atoms with Crippen LogP contribution in [0.1, 0.15) is 36.1 Å². The lowest BCUT2D eigenvalue weighted by atomic mass is 10.0. The molecule has 0 bridgehead atoms. The molecule has 0 saturated heterocycles. The van der Waals surface area contributed by atoms with Crippen molar-refractivity contribution in [1.82, 2.24) is 10.2 Å². The monoisotopic (exact) mass is 627 g/mol. The van der Waals surface area contributed by atoms with E-state index < -0.39 is 28.5 Å². The number of carbonyl (C=O) groups excluding carboxylic acids is 2. The normalized spacial score (nSPS) is 12.0. The van der Waals surface area contributed by atoms with Crippen molar-refractivity contribution in [2.75, 3.05) is 18.0 Å². The lowest BCUT2D eigenvalue weighted by molar-refractivity contribution is -0.140. The number of ether oxygens (including phenoxy) is 1. The van der Waals surface area contributed by atoms with Gasteiger partial charge < -0.3 is 15.0 Å². The van der Waals surface area contributed by atoms with Gasteiger partial charge >= 0.3 is 0 Å². The number of sulfonamides is 1. The maximum Gasteiger partial charge on any atom is 0.264 e. The van der Waals surface area contributed by atoms with E-state index in [1.54, 1.807) is 37.4 Å². The first-order valence-corrected chi connectivity index (χ1v) is 16.4. The summed E-state index contributed by atoms with van der Waals surface area (Å²) in [7, 11) is -2.60. The largest absolute Gasteiger partial charge is 0.497 e. The van der Waals surface area contributed by atoms with Crippen molar-refractivity contribution in [2.24, 2.45) is 0 Å². The topological polar surface area (TPSA) is 96.0 Å². The van der Waals surface area contributed by atoms with Crippen LogP contribution in [-0.2, 0) is 32.6 Å². The van der Waals surface area contributed by atoms with Gasteiger partial charge in [-0.25, -0.2) is 8.42 Å². The first kappa shape index (κ1) is 33.3. The third-order valence-electron chi connectivity index (χ3n) is 7.43. The van der Waals surface area contributed by atoms with Crippen molar-refractivity contribution in [3.8, 4) is 5.75 Å². The molecule has 1 unspecified atom stereocenters. The van der Waals surface area contributed by atoms with Crippen LogP contribution < -0.4 is 14.4 Å². The number of anilines is 1. The summed E-state index contributed by atoms with van der Waals surface area (Å²) in [5, 5.41) is 2.98. The number of nitrogens with zero attached hydrogens (tertiary/aromatic N) is 2. The summed E-state index contributed by atoms with van der Waals surface area (Å²) in [6.45, 7) is 6.96. The molecule has 0 saturated carbocycles. The van der Waals surface area contributed by atoms with Crippen LogP contribution in [0, 0.1) is 13.8 Å². The number of aryl methyl sites for hydroxylation is 2. The molecule has 1 atom stereocenters. The van der Waals surface area contributed by atoms with E-state index in [1.165, 1.54) is 17.0 Å². The van der Waals surface area contributed by atoms with Gasteiger partial charge in [-0.3, -0.25) is 13.9 Å². The van der Waals surface area contributed by atoms with Crippen LogP contribution in [0.5, 0.6) is 5.75 Å². The number of carbonyl (C=O) groups is 2. The Morgan fingerprint density at radius 2 is 1.47 bits per heavy atom. The minimum atomic E-state index is -4.16. The summed E-state index contributed by atoms with van der Waals surface area (Å²) in [5.74, 6) is -0.234. The molecule has 236 valence electrons. The molecule has 0 heterocycles. The molecule has 0 spiro atoms. The highest BCUT2D eigenvalue weighted by Gasteiger charge is 2.35. The second-order valence-electron chi connectivity index (χ2n) is 11.4. The van der Waals surface area contributed by atoms with Crippen molar-refractivity contribution >= 4 is 27.5 Å². The summed E-state index contributed by atoms with van der Waals surface area (Å²) in [5.41, 5.74) is 3.56. The Morgan fingerprint density at radius 1 is 0.822 bits per heavy atom. The second kappa shape index (κ2) is 14.9. The summed E-state index contributed by atoms with van der Waals surface area (Å²) in [6, 6.07) is 29.2. The third-order valence-corrected chi connectivity index (χ3v) is 9.21. The lowest BCUT2D eigenvalue weighted by Crippen LogP contribution is -2.54. The average molecular weight is 628 g/mol. The van der Waals surface area contributed by atoms with Gasteiger partial charge in [0.1, 0.15) is 18.3 Å². The minimum absolute atomic E-state index is 0.0606. The third kappa shape index (κ3) is 8.51. The van der Waals surface area contributed by atoms with Gasteiger partial charge in [-0.1, -0.05) is 72.8 Å². The Hall–Kier alpha value is -4.63. The lowest BCUT2D eigenvalue weighted by Gasteiger charge is -2.34. The van der Waals surface area contributed by atoms with E-state index in [0.717, 1.165) is 21.0 Å². The average Bonchev–Trinajstić information content (AvgIpc) is 3.03. The zero-order valence-electron chi connectivity index (χ0n) is 26.4. The first-order chi connectivity index (χ1) is 21.5. The van der Waals surface area contributed by atoms with Gasteiger partial charge in [-0.15, -0.1) is 0 Å². The molecule has 0 aromatic heterocycles. The van der Waals surface area contributed by atoms with Crippen molar-refractivity contribution in [2.45, 2.75) is 57.6 Å². The zero-order chi connectivity index (χ0) is 32.6. The zero-order valence-corrected chi connectivity index (χ0v) is 27.3. The Balaban J connectivity index is 1.84. The summed E-state index contributed by atoms with van der Waals surface area (Å²) < 4.78 is 35.0. The molecule has 2 amide bonds. The van der Waals surface area contributed by atoms with Gasteiger partial charge in [0.2, 0.25) is 11.8 Å². The molecule has 0 fully saturated rings. The van der Waals surface area contributed by atoms with Crippen LogP contribution in [0.25, 0.3) is 0 Å². The maximum absolute atomic E-state index is 14.6. The number of amides is 2. The van der Waals surface area contributed by atoms with E-state index in [9.17, 15) is 18.0 Å². The molecular formula is C36H41N3O5S.